The van der Waals surface area contributed by atoms with Crippen LogP contribution in [0.2, 0.25) is 0 Å². The Morgan fingerprint density at radius 2 is 2.07 bits per heavy atom. The average Bonchev–Trinajstić information content (AvgIpc) is 2.62. The van der Waals surface area contributed by atoms with E-state index in [1.807, 2.05) is 0 Å². The highest BCUT2D eigenvalue weighted by Crippen LogP contribution is 2.27. The van der Waals surface area contributed by atoms with Crippen LogP contribution in [0.1, 0.15) is 19.4 Å². The number of aliphatic hydroxyl groups is 1. The molecule has 0 fully saturated rings. The van der Waals surface area contributed by atoms with Crippen molar-refractivity contribution in [3.05, 3.63) is 29.8 Å². The van der Waals surface area contributed by atoms with Gasteiger partial charge in [-0.25, -0.2) is 0 Å². The number of benzene rings is 1. The van der Waals surface area contributed by atoms with E-state index >= 15 is 0 Å². The third-order valence-electron chi connectivity index (χ3n) is 3.16. The zero-order valence-electron chi connectivity index (χ0n) is 9.48. The van der Waals surface area contributed by atoms with Crippen molar-refractivity contribution < 1.29 is 5.11 Å². The molecule has 1 atom stereocenters. The van der Waals surface area contributed by atoms with Gasteiger partial charge in [0.1, 0.15) is 0 Å². The molecule has 0 amide bonds. The molecule has 0 bridgehead atoms. The van der Waals surface area contributed by atoms with Crippen molar-refractivity contribution in [2.24, 2.45) is 5.92 Å². The second-order valence-corrected chi connectivity index (χ2v) is 4.64. The molecule has 82 valence electrons. The van der Waals surface area contributed by atoms with E-state index in [4.69, 9.17) is 0 Å². The summed E-state index contributed by atoms with van der Waals surface area (Å²) >= 11 is 0. The summed E-state index contributed by atoms with van der Waals surface area (Å²) in [6.45, 7) is 5.93. The third kappa shape index (κ3) is 2.15. The fourth-order valence-corrected chi connectivity index (χ4v) is 2.03. The fraction of sp³-hybridized carbons (Fsp3) is 0.538. The van der Waals surface area contributed by atoms with Gasteiger partial charge in [-0.2, -0.15) is 0 Å². The minimum Gasteiger partial charge on any atom is -0.391 e. The first-order valence-electron chi connectivity index (χ1n) is 5.69. The van der Waals surface area contributed by atoms with Crippen molar-refractivity contribution in [3.8, 4) is 0 Å². The predicted molar refractivity (Wildman–Crippen MR) is 63.2 cm³/mol. The van der Waals surface area contributed by atoms with Crippen molar-refractivity contribution in [3.63, 3.8) is 0 Å². The van der Waals surface area contributed by atoms with Gasteiger partial charge in [0.25, 0.3) is 0 Å². The summed E-state index contributed by atoms with van der Waals surface area (Å²) < 4.78 is 0. The third-order valence-corrected chi connectivity index (χ3v) is 3.16. The van der Waals surface area contributed by atoms with Crippen LogP contribution in [0.3, 0.4) is 0 Å². The summed E-state index contributed by atoms with van der Waals surface area (Å²) in [4.78, 5) is 2.29. The molecular formula is C13H19NO. The van der Waals surface area contributed by atoms with Crippen LogP contribution in [-0.2, 0) is 6.42 Å². The van der Waals surface area contributed by atoms with Crippen LogP contribution in [0.5, 0.6) is 0 Å². The monoisotopic (exact) mass is 205 g/mol. The van der Waals surface area contributed by atoms with E-state index < -0.39 is 0 Å². The van der Waals surface area contributed by atoms with Crippen LogP contribution in [0.25, 0.3) is 0 Å². The molecule has 2 rings (SSSR count). The van der Waals surface area contributed by atoms with Crippen molar-refractivity contribution in [2.45, 2.75) is 26.4 Å². The molecule has 0 aromatic heterocycles. The van der Waals surface area contributed by atoms with E-state index in [9.17, 15) is 5.11 Å². The number of β-amino-alcohol motifs (C(OH)–C–C–N with tert-alkyl or cyclic N) is 1. The number of rotatable bonds is 3. The molecule has 2 nitrogen and oxygen atoms in total. The topological polar surface area (TPSA) is 23.5 Å². The quantitative estimate of drug-likeness (QED) is 0.816. The van der Waals surface area contributed by atoms with Gasteiger partial charge in [0.05, 0.1) is 6.10 Å². The van der Waals surface area contributed by atoms with Crippen LogP contribution < -0.4 is 4.90 Å². The standard InChI is InChI=1S/C13H19NO/c1-10(2)13(15)9-14-8-7-11-5-3-4-6-12(11)14/h3-6,10,13,15H,7-9H2,1-2H3. The lowest BCUT2D eigenvalue weighted by Gasteiger charge is -2.24. The van der Waals surface area contributed by atoms with Gasteiger partial charge in [-0.1, -0.05) is 32.0 Å². The number of hydrogen-bond donors (Lipinski definition) is 1. The Hall–Kier alpha value is -1.02. The number of anilines is 1. The Bertz CT molecular complexity index is 335. The maximum absolute atomic E-state index is 9.87. The number of nitrogens with zero attached hydrogens (tertiary/aromatic N) is 1. The lowest BCUT2D eigenvalue weighted by molar-refractivity contribution is 0.131. The van der Waals surface area contributed by atoms with E-state index in [-0.39, 0.29) is 6.10 Å². The maximum atomic E-state index is 9.87. The molecule has 1 aromatic rings. The lowest BCUT2D eigenvalue weighted by atomic mass is 10.1. The Kier molecular flexibility index (Phi) is 2.96. The summed E-state index contributed by atoms with van der Waals surface area (Å²) in [5.74, 6) is 0.331. The number of aliphatic hydroxyl groups excluding tert-OH is 1. The second kappa shape index (κ2) is 4.23. The van der Waals surface area contributed by atoms with E-state index in [2.05, 4.69) is 43.0 Å². The summed E-state index contributed by atoms with van der Waals surface area (Å²) in [6, 6.07) is 8.48. The molecule has 1 heterocycles. The molecule has 1 aliphatic heterocycles. The maximum Gasteiger partial charge on any atom is 0.0737 e. The van der Waals surface area contributed by atoms with Gasteiger partial charge in [0.15, 0.2) is 0 Å². The molecule has 1 aliphatic rings. The van der Waals surface area contributed by atoms with Crippen molar-refractivity contribution in [2.75, 3.05) is 18.0 Å². The molecule has 0 spiro atoms. The summed E-state index contributed by atoms with van der Waals surface area (Å²) in [7, 11) is 0. The Balaban J connectivity index is 2.08. The Morgan fingerprint density at radius 3 is 2.80 bits per heavy atom. The summed E-state index contributed by atoms with van der Waals surface area (Å²) in [6.07, 6.45) is 0.886. The van der Waals surface area contributed by atoms with Gasteiger partial charge < -0.3 is 10.0 Å². The summed E-state index contributed by atoms with van der Waals surface area (Å²) in [5, 5.41) is 9.87. The Morgan fingerprint density at radius 1 is 1.33 bits per heavy atom. The highest BCUT2D eigenvalue weighted by atomic mass is 16.3. The van der Waals surface area contributed by atoms with E-state index in [0.29, 0.717) is 5.92 Å². The highest BCUT2D eigenvalue weighted by molar-refractivity contribution is 5.57. The zero-order valence-corrected chi connectivity index (χ0v) is 9.48. The predicted octanol–water partition coefficient (Wildman–Crippen LogP) is 2.07. The molecule has 1 N–H and O–H groups in total. The van der Waals surface area contributed by atoms with Crippen LogP contribution in [0, 0.1) is 5.92 Å². The van der Waals surface area contributed by atoms with E-state index in [0.717, 1.165) is 19.5 Å². The number of fused-ring (bicyclic) bond motifs is 1. The molecular weight excluding hydrogens is 186 g/mol. The first-order valence-corrected chi connectivity index (χ1v) is 5.69. The molecule has 2 heteroatoms. The summed E-state index contributed by atoms with van der Waals surface area (Å²) in [5.41, 5.74) is 2.71. The Labute approximate surface area is 91.5 Å². The van der Waals surface area contributed by atoms with Gasteiger partial charge >= 0.3 is 0 Å². The smallest absolute Gasteiger partial charge is 0.0737 e. The minimum atomic E-state index is -0.226. The van der Waals surface area contributed by atoms with Gasteiger partial charge in [-0.15, -0.1) is 0 Å². The van der Waals surface area contributed by atoms with Crippen LogP contribution in [0.4, 0.5) is 5.69 Å². The van der Waals surface area contributed by atoms with Crippen LogP contribution >= 0.6 is 0 Å². The molecule has 15 heavy (non-hydrogen) atoms. The van der Waals surface area contributed by atoms with Crippen LogP contribution in [-0.4, -0.2) is 24.3 Å². The zero-order chi connectivity index (χ0) is 10.8. The molecule has 0 saturated carbocycles. The highest BCUT2D eigenvalue weighted by Gasteiger charge is 2.21. The van der Waals surface area contributed by atoms with Crippen molar-refractivity contribution in [1.29, 1.82) is 0 Å². The molecule has 0 aliphatic carbocycles. The molecule has 0 saturated heterocycles. The molecule has 0 radical (unpaired) electrons. The van der Waals surface area contributed by atoms with Gasteiger partial charge in [-0.3, -0.25) is 0 Å². The molecule has 1 aromatic carbocycles. The molecule has 1 unspecified atom stereocenters. The lowest BCUT2D eigenvalue weighted by Crippen LogP contribution is -2.33. The van der Waals surface area contributed by atoms with Gasteiger partial charge in [-0.05, 0) is 24.0 Å². The first kappa shape index (κ1) is 10.5. The second-order valence-electron chi connectivity index (χ2n) is 4.64. The first-order chi connectivity index (χ1) is 7.18. The number of para-hydroxylation sites is 1. The average molecular weight is 205 g/mol. The van der Waals surface area contributed by atoms with E-state index in [1.54, 1.807) is 0 Å². The van der Waals surface area contributed by atoms with Crippen molar-refractivity contribution in [1.82, 2.24) is 0 Å². The SMILES string of the molecule is CC(C)C(O)CN1CCc2ccccc21. The van der Waals surface area contributed by atoms with Crippen molar-refractivity contribution >= 4 is 5.69 Å². The minimum absolute atomic E-state index is 0.226. The van der Waals surface area contributed by atoms with E-state index in [1.165, 1.54) is 11.3 Å². The number of hydrogen-bond acceptors (Lipinski definition) is 2. The van der Waals surface area contributed by atoms with Gasteiger partial charge in [0, 0.05) is 18.8 Å². The van der Waals surface area contributed by atoms with Crippen LogP contribution in [0.15, 0.2) is 24.3 Å². The fourth-order valence-electron chi connectivity index (χ4n) is 2.03. The normalized spacial score (nSPS) is 16.9. The van der Waals surface area contributed by atoms with Gasteiger partial charge in [0.2, 0.25) is 0 Å². The largest absolute Gasteiger partial charge is 0.391 e.